The Morgan fingerprint density at radius 1 is 1.39 bits per heavy atom. The molecule has 1 aliphatic carbocycles. The van der Waals surface area contributed by atoms with Crippen molar-refractivity contribution in [1.82, 2.24) is 4.90 Å². The molecule has 18 heavy (non-hydrogen) atoms. The summed E-state index contributed by atoms with van der Waals surface area (Å²) < 4.78 is 4.98. The Labute approximate surface area is 105 Å². The molecule has 1 saturated heterocycles. The van der Waals surface area contributed by atoms with Crippen LogP contribution in [0.5, 0.6) is 0 Å². The third kappa shape index (κ3) is 2.25. The molecule has 1 unspecified atom stereocenters. The third-order valence-corrected chi connectivity index (χ3v) is 3.54. The molecule has 1 aliphatic heterocycles. The molecule has 100 valence electrons. The standard InChI is InChI=1S/C12H18N2O4/c1-2-18-11(17)12(13,8-3-4-8)7-14-9(15)5-6-10(14)16/h8H,2-7,13H2,1H3. The minimum Gasteiger partial charge on any atom is -0.465 e. The molecule has 2 aliphatic rings. The second-order valence-electron chi connectivity index (χ2n) is 4.91. The van der Waals surface area contributed by atoms with E-state index in [1.807, 2.05) is 0 Å². The summed E-state index contributed by atoms with van der Waals surface area (Å²) in [6.07, 6.45) is 2.10. The predicted octanol–water partition coefficient (Wildman–Crippen LogP) is -0.194. The van der Waals surface area contributed by atoms with E-state index in [9.17, 15) is 14.4 Å². The highest BCUT2D eigenvalue weighted by Crippen LogP contribution is 2.40. The number of nitrogens with zero attached hydrogens (tertiary/aromatic N) is 1. The minimum atomic E-state index is -1.23. The van der Waals surface area contributed by atoms with Gasteiger partial charge in [-0.05, 0) is 25.7 Å². The van der Waals surface area contributed by atoms with Gasteiger partial charge in [-0.3, -0.25) is 14.5 Å². The van der Waals surface area contributed by atoms with Crippen LogP contribution >= 0.6 is 0 Å². The molecule has 1 atom stereocenters. The fraction of sp³-hybridized carbons (Fsp3) is 0.750. The van der Waals surface area contributed by atoms with Crippen molar-refractivity contribution in [2.45, 2.75) is 38.1 Å². The maximum Gasteiger partial charge on any atom is 0.328 e. The number of esters is 1. The zero-order valence-electron chi connectivity index (χ0n) is 10.5. The number of likely N-dealkylation sites (tertiary alicyclic amines) is 1. The van der Waals surface area contributed by atoms with Gasteiger partial charge >= 0.3 is 5.97 Å². The zero-order chi connectivity index (χ0) is 13.3. The van der Waals surface area contributed by atoms with Gasteiger partial charge in [0.2, 0.25) is 11.8 Å². The smallest absolute Gasteiger partial charge is 0.328 e. The van der Waals surface area contributed by atoms with Gasteiger partial charge in [0.25, 0.3) is 0 Å². The molecule has 6 heteroatoms. The number of amides is 2. The van der Waals surface area contributed by atoms with Gasteiger partial charge in [0.1, 0.15) is 5.54 Å². The van der Waals surface area contributed by atoms with Gasteiger partial charge in [-0.1, -0.05) is 0 Å². The van der Waals surface area contributed by atoms with Crippen LogP contribution < -0.4 is 5.73 Å². The van der Waals surface area contributed by atoms with Crippen LogP contribution in [0, 0.1) is 5.92 Å². The van der Waals surface area contributed by atoms with Crippen LogP contribution in [0.15, 0.2) is 0 Å². The first-order valence-corrected chi connectivity index (χ1v) is 6.28. The van der Waals surface area contributed by atoms with Gasteiger partial charge in [0, 0.05) is 12.8 Å². The Kier molecular flexibility index (Phi) is 3.38. The number of ether oxygens (including phenoxy) is 1. The Bertz CT molecular complexity index is 376. The summed E-state index contributed by atoms with van der Waals surface area (Å²) in [4.78, 5) is 36.2. The number of carbonyl (C=O) groups excluding carboxylic acids is 3. The summed E-state index contributed by atoms with van der Waals surface area (Å²) in [7, 11) is 0. The van der Waals surface area contributed by atoms with Crippen molar-refractivity contribution < 1.29 is 19.1 Å². The van der Waals surface area contributed by atoms with Crippen molar-refractivity contribution in [3.05, 3.63) is 0 Å². The molecule has 0 aromatic heterocycles. The highest BCUT2D eigenvalue weighted by molar-refractivity contribution is 6.02. The van der Waals surface area contributed by atoms with E-state index in [4.69, 9.17) is 10.5 Å². The summed E-state index contributed by atoms with van der Waals surface area (Å²) >= 11 is 0. The quantitative estimate of drug-likeness (QED) is 0.542. The van der Waals surface area contributed by atoms with Crippen molar-refractivity contribution >= 4 is 17.8 Å². The SMILES string of the molecule is CCOC(=O)C(N)(CN1C(=O)CCC1=O)C1CC1. The van der Waals surface area contributed by atoms with E-state index >= 15 is 0 Å². The molecule has 0 spiro atoms. The molecule has 1 heterocycles. The Balaban J connectivity index is 2.13. The molecule has 2 rings (SSSR count). The van der Waals surface area contributed by atoms with Crippen LogP contribution in [0.25, 0.3) is 0 Å². The fourth-order valence-electron chi connectivity index (χ4n) is 2.29. The monoisotopic (exact) mass is 254 g/mol. The maximum atomic E-state index is 12.0. The number of hydrogen-bond donors (Lipinski definition) is 1. The highest BCUT2D eigenvalue weighted by Gasteiger charge is 2.52. The van der Waals surface area contributed by atoms with Gasteiger partial charge in [-0.25, -0.2) is 4.79 Å². The van der Waals surface area contributed by atoms with Crippen LogP contribution in [-0.4, -0.2) is 41.4 Å². The predicted molar refractivity (Wildman–Crippen MR) is 62.2 cm³/mol. The zero-order valence-corrected chi connectivity index (χ0v) is 10.5. The summed E-state index contributed by atoms with van der Waals surface area (Å²) in [5, 5.41) is 0. The maximum absolute atomic E-state index is 12.0. The third-order valence-electron chi connectivity index (χ3n) is 3.54. The van der Waals surface area contributed by atoms with Crippen molar-refractivity contribution in [3.63, 3.8) is 0 Å². The van der Waals surface area contributed by atoms with E-state index in [1.165, 1.54) is 0 Å². The van der Waals surface area contributed by atoms with Crippen molar-refractivity contribution in [3.8, 4) is 0 Å². The summed E-state index contributed by atoms with van der Waals surface area (Å²) in [5.74, 6) is -1.00. The van der Waals surface area contributed by atoms with Gasteiger partial charge < -0.3 is 10.5 Å². The van der Waals surface area contributed by atoms with Crippen molar-refractivity contribution in [1.29, 1.82) is 0 Å². The fourth-order valence-corrected chi connectivity index (χ4v) is 2.29. The lowest BCUT2D eigenvalue weighted by atomic mass is 9.94. The topological polar surface area (TPSA) is 89.7 Å². The second kappa shape index (κ2) is 4.68. The lowest BCUT2D eigenvalue weighted by Gasteiger charge is -2.30. The van der Waals surface area contributed by atoms with Crippen LogP contribution in [0.2, 0.25) is 0 Å². The average molecular weight is 254 g/mol. The summed E-state index contributed by atoms with van der Waals surface area (Å²) in [5.41, 5.74) is 4.89. The van der Waals surface area contributed by atoms with Crippen molar-refractivity contribution in [2.75, 3.05) is 13.2 Å². The van der Waals surface area contributed by atoms with Gasteiger partial charge in [0.05, 0.1) is 13.2 Å². The number of nitrogens with two attached hydrogens (primary N) is 1. The lowest BCUT2D eigenvalue weighted by Crippen LogP contribution is -2.59. The molecule has 2 N–H and O–H groups in total. The first kappa shape index (κ1) is 13.0. The summed E-state index contributed by atoms with van der Waals surface area (Å²) in [6, 6.07) is 0. The second-order valence-corrected chi connectivity index (χ2v) is 4.91. The Morgan fingerprint density at radius 3 is 2.39 bits per heavy atom. The molecule has 0 aromatic rings. The van der Waals surface area contributed by atoms with Crippen LogP contribution in [0.4, 0.5) is 0 Å². The summed E-state index contributed by atoms with van der Waals surface area (Å²) in [6.45, 7) is 1.90. The first-order chi connectivity index (χ1) is 8.49. The molecular formula is C12H18N2O4. The average Bonchev–Trinajstić information content (AvgIpc) is 3.13. The molecule has 0 radical (unpaired) electrons. The first-order valence-electron chi connectivity index (χ1n) is 6.28. The highest BCUT2D eigenvalue weighted by atomic mass is 16.5. The Morgan fingerprint density at radius 2 is 1.94 bits per heavy atom. The van der Waals surface area contributed by atoms with E-state index < -0.39 is 11.5 Å². The normalized spacial score (nSPS) is 23.1. The molecule has 2 amide bonds. The number of carbonyl (C=O) groups is 3. The van der Waals surface area contributed by atoms with Crippen molar-refractivity contribution in [2.24, 2.45) is 11.7 Å². The van der Waals surface area contributed by atoms with E-state index in [0.717, 1.165) is 17.7 Å². The number of rotatable bonds is 5. The molecular weight excluding hydrogens is 236 g/mol. The van der Waals surface area contributed by atoms with Crippen LogP contribution in [-0.2, 0) is 19.1 Å². The van der Waals surface area contributed by atoms with Crippen LogP contribution in [0.3, 0.4) is 0 Å². The molecule has 0 aromatic carbocycles. The lowest BCUT2D eigenvalue weighted by molar-refractivity contribution is -0.153. The van der Waals surface area contributed by atoms with Gasteiger partial charge in [0.15, 0.2) is 0 Å². The van der Waals surface area contributed by atoms with Gasteiger partial charge in [-0.2, -0.15) is 0 Å². The van der Waals surface area contributed by atoms with E-state index in [1.54, 1.807) is 6.92 Å². The minimum absolute atomic E-state index is 0.0118. The Hall–Kier alpha value is -1.43. The number of imide groups is 1. The number of hydrogen-bond acceptors (Lipinski definition) is 5. The van der Waals surface area contributed by atoms with E-state index in [2.05, 4.69) is 0 Å². The molecule has 2 fully saturated rings. The van der Waals surface area contributed by atoms with E-state index in [-0.39, 0.29) is 43.7 Å². The molecule has 1 saturated carbocycles. The van der Waals surface area contributed by atoms with Crippen LogP contribution in [0.1, 0.15) is 32.6 Å². The molecule has 0 bridgehead atoms. The molecule has 6 nitrogen and oxygen atoms in total. The van der Waals surface area contributed by atoms with Gasteiger partial charge in [-0.15, -0.1) is 0 Å². The van der Waals surface area contributed by atoms with E-state index in [0.29, 0.717) is 0 Å². The largest absolute Gasteiger partial charge is 0.465 e.